The maximum absolute atomic E-state index is 12.9. The first-order valence-electron chi connectivity index (χ1n) is 9.35. The minimum absolute atomic E-state index is 0.140. The summed E-state index contributed by atoms with van der Waals surface area (Å²) in [5.74, 6) is -0.467. The van der Waals surface area contributed by atoms with E-state index in [9.17, 15) is 19.1 Å². The van der Waals surface area contributed by atoms with Crippen LogP contribution < -0.4 is 5.56 Å². The topological polar surface area (TPSA) is 81.4 Å². The number of cyclic esters (lactones) is 1. The summed E-state index contributed by atoms with van der Waals surface area (Å²) < 4.78 is 19.2. The van der Waals surface area contributed by atoms with Crippen molar-refractivity contribution in [2.24, 2.45) is 0 Å². The monoisotopic (exact) mass is 384 g/mol. The highest BCUT2D eigenvalue weighted by atomic mass is 19.1. The van der Waals surface area contributed by atoms with E-state index in [1.807, 2.05) is 0 Å². The van der Waals surface area contributed by atoms with E-state index in [0.717, 1.165) is 36.0 Å². The second-order valence-electron chi connectivity index (χ2n) is 7.34. The third kappa shape index (κ3) is 3.05. The summed E-state index contributed by atoms with van der Waals surface area (Å²) in [6.45, 7) is 2.29. The van der Waals surface area contributed by atoms with Crippen molar-refractivity contribution in [2.75, 3.05) is 0 Å². The van der Waals surface area contributed by atoms with Crippen LogP contribution >= 0.6 is 0 Å². The number of aliphatic hydroxyl groups is 1. The predicted octanol–water partition coefficient (Wildman–Crippen LogP) is 2.76. The number of ether oxygens (including phenoxy) is 1. The van der Waals surface area contributed by atoms with Gasteiger partial charge in [0, 0.05) is 18.0 Å². The van der Waals surface area contributed by atoms with Gasteiger partial charge in [0.05, 0.1) is 24.1 Å². The summed E-state index contributed by atoms with van der Waals surface area (Å²) in [4.78, 5) is 28.8. The zero-order valence-electron chi connectivity index (χ0n) is 15.5. The lowest BCUT2D eigenvalue weighted by Crippen LogP contribution is -2.32. The number of carbonyl (C=O) groups excluding carboxylic acids is 1. The normalized spacial score (nSPS) is 21.3. The fraction of sp³-hybridized carbons (Fsp3) is 0.381. The molecule has 2 aliphatic rings. The number of fused-ring (bicyclic) bond motifs is 2. The lowest BCUT2D eigenvalue weighted by Gasteiger charge is -2.27. The Bertz CT molecular complexity index is 1030. The molecule has 3 heterocycles. The predicted molar refractivity (Wildman–Crippen MR) is 100 cm³/mol. The molecule has 1 N–H and O–H groups in total. The molecule has 4 rings (SSSR count). The number of rotatable bonds is 3. The van der Waals surface area contributed by atoms with Gasteiger partial charge in [0.15, 0.2) is 6.10 Å². The average molecular weight is 384 g/mol. The van der Waals surface area contributed by atoms with Crippen LogP contribution in [0.5, 0.6) is 0 Å². The number of carbonyl (C=O) groups is 1. The van der Waals surface area contributed by atoms with Gasteiger partial charge in [-0.25, -0.2) is 9.18 Å². The summed E-state index contributed by atoms with van der Waals surface area (Å²) in [5.41, 5.74) is 4.03. The Balaban J connectivity index is 1.76. The summed E-state index contributed by atoms with van der Waals surface area (Å²) in [7, 11) is 0. The number of aromatic nitrogens is 2. The fourth-order valence-electron chi connectivity index (χ4n) is 4.22. The first kappa shape index (κ1) is 18.6. The average Bonchev–Trinajstić information content (AvgIpc) is 2.69. The highest BCUT2D eigenvalue weighted by molar-refractivity contribution is 5.78. The first-order chi connectivity index (χ1) is 13.5. The van der Waals surface area contributed by atoms with E-state index in [0.29, 0.717) is 29.7 Å². The van der Waals surface area contributed by atoms with Crippen LogP contribution in [0, 0.1) is 0 Å². The van der Waals surface area contributed by atoms with Crippen LogP contribution in [-0.4, -0.2) is 20.6 Å². The SMILES string of the molecule is C[C@H]1CCCc2c(Cn3ccc4c(c3=O)COC(=O)C4O)cnc(/C=C/F)c21. The van der Waals surface area contributed by atoms with Crippen molar-refractivity contribution < 1.29 is 19.0 Å². The van der Waals surface area contributed by atoms with Gasteiger partial charge in [0.1, 0.15) is 6.61 Å². The van der Waals surface area contributed by atoms with Crippen molar-refractivity contribution in [3.8, 4) is 0 Å². The minimum Gasteiger partial charge on any atom is -0.458 e. The number of esters is 1. The van der Waals surface area contributed by atoms with E-state index in [-0.39, 0.29) is 18.1 Å². The molecule has 2 atom stereocenters. The third-order valence-corrected chi connectivity index (χ3v) is 5.64. The Labute approximate surface area is 161 Å². The molecule has 0 fully saturated rings. The molecule has 0 spiro atoms. The van der Waals surface area contributed by atoms with Crippen LogP contribution in [0.2, 0.25) is 0 Å². The Morgan fingerprint density at radius 2 is 2.21 bits per heavy atom. The van der Waals surface area contributed by atoms with E-state index in [1.54, 1.807) is 18.5 Å². The number of hydrogen-bond acceptors (Lipinski definition) is 5. The Hall–Kier alpha value is -2.80. The molecule has 0 aromatic carbocycles. The van der Waals surface area contributed by atoms with Gasteiger partial charge in [0.2, 0.25) is 0 Å². The van der Waals surface area contributed by atoms with Gasteiger partial charge in [0.25, 0.3) is 5.56 Å². The van der Waals surface area contributed by atoms with Crippen LogP contribution in [0.1, 0.15) is 65.3 Å². The number of aliphatic hydroxyl groups excluding tert-OH is 1. The van der Waals surface area contributed by atoms with Crippen LogP contribution in [0.3, 0.4) is 0 Å². The largest absolute Gasteiger partial charge is 0.458 e. The smallest absolute Gasteiger partial charge is 0.340 e. The molecule has 0 radical (unpaired) electrons. The highest BCUT2D eigenvalue weighted by Crippen LogP contribution is 2.35. The lowest BCUT2D eigenvalue weighted by atomic mass is 9.81. The summed E-state index contributed by atoms with van der Waals surface area (Å²) >= 11 is 0. The zero-order valence-corrected chi connectivity index (χ0v) is 15.5. The standard InChI is InChI=1S/C21H21FN2O4/c1-12-3-2-4-14-13(9-23-17(5-7-22)18(12)14)10-24-8-6-15-16(20(24)26)11-28-21(27)19(15)25/h5-9,12,19,25H,2-4,10-11H2,1H3/b7-5+/t12-,19?/m0/s1. The quantitative estimate of drug-likeness (QED) is 0.823. The molecule has 0 saturated carbocycles. The molecular weight excluding hydrogens is 363 g/mol. The third-order valence-electron chi connectivity index (χ3n) is 5.64. The molecule has 0 bridgehead atoms. The van der Waals surface area contributed by atoms with Crippen molar-refractivity contribution in [3.05, 3.63) is 68.7 Å². The van der Waals surface area contributed by atoms with Crippen molar-refractivity contribution in [1.82, 2.24) is 9.55 Å². The van der Waals surface area contributed by atoms with E-state index in [4.69, 9.17) is 4.74 Å². The molecule has 1 aliphatic heterocycles. The molecule has 2 aromatic rings. The van der Waals surface area contributed by atoms with Gasteiger partial charge >= 0.3 is 5.97 Å². The van der Waals surface area contributed by atoms with Crippen molar-refractivity contribution in [1.29, 1.82) is 0 Å². The molecule has 0 amide bonds. The van der Waals surface area contributed by atoms with Gasteiger partial charge in [-0.05, 0) is 54.0 Å². The van der Waals surface area contributed by atoms with Crippen molar-refractivity contribution >= 4 is 12.0 Å². The number of hydrogen-bond donors (Lipinski definition) is 1. The number of halogens is 1. The molecule has 6 nitrogen and oxygen atoms in total. The summed E-state index contributed by atoms with van der Waals surface area (Å²) in [6, 6.07) is 1.59. The van der Waals surface area contributed by atoms with E-state index in [2.05, 4.69) is 11.9 Å². The van der Waals surface area contributed by atoms with Gasteiger partial charge in [-0.15, -0.1) is 0 Å². The van der Waals surface area contributed by atoms with E-state index < -0.39 is 12.1 Å². The van der Waals surface area contributed by atoms with E-state index in [1.165, 1.54) is 10.6 Å². The molecule has 2 aromatic heterocycles. The fourth-order valence-corrected chi connectivity index (χ4v) is 4.22. The van der Waals surface area contributed by atoms with Crippen LogP contribution in [-0.2, 0) is 29.1 Å². The molecule has 0 saturated heterocycles. The van der Waals surface area contributed by atoms with Gasteiger partial charge < -0.3 is 14.4 Å². The van der Waals surface area contributed by atoms with Crippen LogP contribution in [0.25, 0.3) is 6.08 Å². The second-order valence-corrected chi connectivity index (χ2v) is 7.34. The van der Waals surface area contributed by atoms with Gasteiger partial charge in [-0.1, -0.05) is 6.92 Å². The molecular formula is C21H21FN2O4. The van der Waals surface area contributed by atoms with Crippen LogP contribution in [0.4, 0.5) is 4.39 Å². The molecule has 7 heteroatoms. The first-order valence-corrected chi connectivity index (χ1v) is 9.35. The molecule has 28 heavy (non-hydrogen) atoms. The summed E-state index contributed by atoms with van der Waals surface area (Å²) in [6.07, 6.45) is 6.66. The Morgan fingerprint density at radius 3 is 3.00 bits per heavy atom. The van der Waals surface area contributed by atoms with E-state index >= 15 is 0 Å². The lowest BCUT2D eigenvalue weighted by molar-refractivity contribution is -0.157. The molecule has 1 unspecified atom stereocenters. The van der Waals surface area contributed by atoms with Crippen molar-refractivity contribution in [2.45, 2.75) is 51.4 Å². The minimum atomic E-state index is -1.42. The maximum Gasteiger partial charge on any atom is 0.340 e. The molecule has 146 valence electrons. The number of nitrogens with zero attached hydrogens (tertiary/aromatic N) is 2. The maximum atomic E-state index is 12.9. The van der Waals surface area contributed by atoms with Gasteiger partial charge in [-0.3, -0.25) is 9.78 Å². The Morgan fingerprint density at radius 1 is 1.39 bits per heavy atom. The summed E-state index contributed by atoms with van der Waals surface area (Å²) in [5, 5.41) is 9.93. The Kier molecular flexibility index (Phi) is 4.85. The van der Waals surface area contributed by atoms with Crippen LogP contribution in [0.15, 0.2) is 29.6 Å². The zero-order chi connectivity index (χ0) is 19.8. The highest BCUT2D eigenvalue weighted by Gasteiger charge is 2.30. The second kappa shape index (κ2) is 7.31. The van der Waals surface area contributed by atoms with Gasteiger partial charge in [-0.2, -0.15) is 0 Å². The molecule has 1 aliphatic carbocycles. The number of pyridine rings is 2. The van der Waals surface area contributed by atoms with Crippen molar-refractivity contribution in [3.63, 3.8) is 0 Å².